The molecule has 1 amide bonds. The number of hydrogen-bond acceptors (Lipinski definition) is 2. The predicted octanol–water partition coefficient (Wildman–Crippen LogP) is 3.43. The number of nitrogens with zero attached hydrogens (tertiary/aromatic N) is 1. The monoisotopic (exact) mass is 261 g/mol. The molecule has 0 saturated heterocycles. The van der Waals surface area contributed by atoms with E-state index < -0.39 is 0 Å². The maximum absolute atomic E-state index is 12.4. The van der Waals surface area contributed by atoms with Crippen LogP contribution in [0.15, 0.2) is 24.3 Å². The van der Waals surface area contributed by atoms with E-state index in [1.165, 1.54) is 19.3 Å². The summed E-state index contributed by atoms with van der Waals surface area (Å²) in [5.74, 6) is 1.09. The van der Waals surface area contributed by atoms with Gasteiger partial charge in [0.05, 0.1) is 0 Å². The van der Waals surface area contributed by atoms with E-state index in [0.717, 1.165) is 18.8 Å². The van der Waals surface area contributed by atoms with Gasteiger partial charge in [-0.25, -0.2) is 0 Å². The van der Waals surface area contributed by atoms with Gasteiger partial charge in [-0.1, -0.05) is 13.3 Å². The molecule has 1 aromatic rings. The Hall–Kier alpha value is -1.51. The highest BCUT2D eigenvalue weighted by Crippen LogP contribution is 2.29. The van der Waals surface area contributed by atoms with Crippen molar-refractivity contribution in [2.45, 2.75) is 45.1 Å². The minimum Gasteiger partial charge on any atom is -0.508 e. The number of amides is 1. The third-order valence-corrected chi connectivity index (χ3v) is 4.38. The Kier molecular flexibility index (Phi) is 4.46. The second-order valence-corrected chi connectivity index (χ2v) is 5.55. The molecule has 3 nitrogen and oxygen atoms in total. The lowest BCUT2D eigenvalue weighted by Crippen LogP contribution is -2.39. The molecule has 0 aromatic heterocycles. The molecule has 0 radical (unpaired) electrons. The highest BCUT2D eigenvalue weighted by molar-refractivity contribution is 5.94. The second-order valence-electron chi connectivity index (χ2n) is 5.55. The summed E-state index contributed by atoms with van der Waals surface area (Å²) in [6.45, 7) is 2.25. The molecular weight excluding hydrogens is 238 g/mol. The molecule has 1 fully saturated rings. The molecule has 2 rings (SSSR count). The first-order valence-corrected chi connectivity index (χ1v) is 7.18. The van der Waals surface area contributed by atoms with E-state index in [2.05, 4.69) is 6.92 Å². The Labute approximate surface area is 115 Å². The molecular formula is C16H23NO2. The van der Waals surface area contributed by atoms with Crippen molar-refractivity contribution in [3.63, 3.8) is 0 Å². The van der Waals surface area contributed by atoms with Gasteiger partial charge in [-0.15, -0.1) is 0 Å². The van der Waals surface area contributed by atoms with Gasteiger partial charge in [0, 0.05) is 18.7 Å². The number of hydrogen-bond donors (Lipinski definition) is 1. The molecule has 1 N–H and O–H groups in total. The number of phenols is 1. The van der Waals surface area contributed by atoms with Crippen LogP contribution in [-0.4, -0.2) is 29.0 Å². The van der Waals surface area contributed by atoms with E-state index in [-0.39, 0.29) is 11.7 Å². The fourth-order valence-electron chi connectivity index (χ4n) is 2.91. The van der Waals surface area contributed by atoms with Crippen LogP contribution in [0.2, 0.25) is 0 Å². The Morgan fingerprint density at radius 2 is 1.79 bits per heavy atom. The fourth-order valence-corrected chi connectivity index (χ4v) is 2.91. The second kappa shape index (κ2) is 6.09. The molecule has 1 saturated carbocycles. The van der Waals surface area contributed by atoms with Crippen molar-refractivity contribution in [2.24, 2.45) is 5.92 Å². The summed E-state index contributed by atoms with van der Waals surface area (Å²) in [6.07, 6.45) is 5.93. The van der Waals surface area contributed by atoms with Gasteiger partial charge < -0.3 is 10.0 Å². The van der Waals surface area contributed by atoms with Crippen LogP contribution in [-0.2, 0) is 0 Å². The highest BCUT2D eigenvalue weighted by atomic mass is 16.3. The lowest BCUT2D eigenvalue weighted by molar-refractivity contribution is 0.0674. The Bertz CT molecular complexity index is 419. The van der Waals surface area contributed by atoms with Gasteiger partial charge in [0.1, 0.15) is 5.75 Å². The molecule has 19 heavy (non-hydrogen) atoms. The van der Waals surface area contributed by atoms with Crippen molar-refractivity contribution in [2.75, 3.05) is 7.05 Å². The molecule has 0 bridgehead atoms. The van der Waals surface area contributed by atoms with Crippen LogP contribution in [0.5, 0.6) is 5.75 Å². The number of carbonyl (C=O) groups is 1. The van der Waals surface area contributed by atoms with Gasteiger partial charge in [-0.05, 0) is 55.9 Å². The van der Waals surface area contributed by atoms with E-state index in [1.807, 2.05) is 11.9 Å². The number of aromatic hydroxyl groups is 1. The summed E-state index contributed by atoms with van der Waals surface area (Å²) in [5.41, 5.74) is 0.651. The third-order valence-electron chi connectivity index (χ3n) is 4.38. The molecule has 0 atom stereocenters. The molecule has 0 spiro atoms. The topological polar surface area (TPSA) is 40.5 Å². The van der Waals surface area contributed by atoms with E-state index in [4.69, 9.17) is 0 Å². The normalized spacial score (nSPS) is 23.1. The van der Waals surface area contributed by atoms with Gasteiger partial charge >= 0.3 is 0 Å². The van der Waals surface area contributed by atoms with Crippen molar-refractivity contribution in [1.82, 2.24) is 4.90 Å². The zero-order valence-electron chi connectivity index (χ0n) is 11.8. The van der Waals surface area contributed by atoms with Crippen molar-refractivity contribution >= 4 is 5.91 Å². The zero-order valence-corrected chi connectivity index (χ0v) is 11.8. The molecule has 1 aliphatic rings. The maximum atomic E-state index is 12.4. The van der Waals surface area contributed by atoms with Crippen LogP contribution >= 0.6 is 0 Å². The van der Waals surface area contributed by atoms with Crippen LogP contribution < -0.4 is 0 Å². The molecule has 1 aromatic carbocycles. The Morgan fingerprint density at radius 1 is 1.21 bits per heavy atom. The first kappa shape index (κ1) is 13.9. The van der Waals surface area contributed by atoms with Gasteiger partial charge in [0.25, 0.3) is 5.91 Å². The van der Waals surface area contributed by atoms with Gasteiger partial charge in [-0.3, -0.25) is 4.79 Å². The predicted molar refractivity (Wildman–Crippen MR) is 76.2 cm³/mol. The summed E-state index contributed by atoms with van der Waals surface area (Å²) in [6, 6.07) is 6.87. The van der Waals surface area contributed by atoms with Crippen LogP contribution in [0.1, 0.15) is 49.4 Å². The van der Waals surface area contributed by atoms with Crippen LogP contribution in [0, 0.1) is 5.92 Å². The molecule has 0 heterocycles. The van der Waals surface area contributed by atoms with Crippen molar-refractivity contribution < 1.29 is 9.90 Å². The van der Waals surface area contributed by atoms with E-state index >= 15 is 0 Å². The standard InChI is InChI=1S/C16H23NO2/c1-3-12-4-8-14(9-5-12)17(2)16(19)13-6-10-15(18)11-7-13/h6-7,10-12,14,18H,3-5,8-9H2,1-2H3. The fraction of sp³-hybridized carbons (Fsp3) is 0.562. The molecule has 3 heteroatoms. The van der Waals surface area contributed by atoms with E-state index in [9.17, 15) is 9.90 Å². The van der Waals surface area contributed by atoms with Gasteiger partial charge in [0.2, 0.25) is 0 Å². The van der Waals surface area contributed by atoms with Crippen LogP contribution in [0.4, 0.5) is 0 Å². The van der Waals surface area contributed by atoms with Crippen molar-refractivity contribution in [1.29, 1.82) is 0 Å². The maximum Gasteiger partial charge on any atom is 0.253 e. The van der Waals surface area contributed by atoms with E-state index in [0.29, 0.717) is 11.6 Å². The number of phenolic OH excluding ortho intramolecular Hbond substituents is 1. The van der Waals surface area contributed by atoms with Crippen molar-refractivity contribution in [3.05, 3.63) is 29.8 Å². The molecule has 1 aliphatic carbocycles. The first-order valence-electron chi connectivity index (χ1n) is 7.18. The van der Waals surface area contributed by atoms with Crippen LogP contribution in [0.3, 0.4) is 0 Å². The average Bonchev–Trinajstić information content (AvgIpc) is 2.46. The van der Waals surface area contributed by atoms with Crippen LogP contribution in [0.25, 0.3) is 0 Å². The molecule has 104 valence electrons. The summed E-state index contributed by atoms with van der Waals surface area (Å²) in [7, 11) is 1.89. The quantitative estimate of drug-likeness (QED) is 0.905. The summed E-state index contributed by atoms with van der Waals surface area (Å²) < 4.78 is 0. The third kappa shape index (κ3) is 3.28. The minimum atomic E-state index is 0.0555. The van der Waals surface area contributed by atoms with Crippen molar-refractivity contribution in [3.8, 4) is 5.75 Å². The smallest absolute Gasteiger partial charge is 0.253 e. The Morgan fingerprint density at radius 3 is 2.32 bits per heavy atom. The number of rotatable bonds is 3. The summed E-state index contributed by atoms with van der Waals surface area (Å²) in [4.78, 5) is 14.2. The summed E-state index contributed by atoms with van der Waals surface area (Å²) in [5, 5.41) is 9.26. The Balaban J connectivity index is 1.98. The average molecular weight is 261 g/mol. The lowest BCUT2D eigenvalue weighted by Gasteiger charge is -2.34. The minimum absolute atomic E-state index is 0.0555. The lowest BCUT2D eigenvalue weighted by atomic mass is 9.84. The SMILES string of the molecule is CCC1CCC(N(C)C(=O)c2ccc(O)cc2)CC1. The highest BCUT2D eigenvalue weighted by Gasteiger charge is 2.26. The number of carbonyl (C=O) groups excluding carboxylic acids is 1. The van der Waals surface area contributed by atoms with E-state index in [1.54, 1.807) is 24.3 Å². The molecule has 0 unspecified atom stereocenters. The largest absolute Gasteiger partial charge is 0.508 e. The number of benzene rings is 1. The summed E-state index contributed by atoms with van der Waals surface area (Å²) >= 11 is 0. The first-order chi connectivity index (χ1) is 9.11. The zero-order chi connectivity index (χ0) is 13.8. The van der Waals surface area contributed by atoms with Gasteiger partial charge in [0.15, 0.2) is 0 Å². The van der Waals surface area contributed by atoms with Gasteiger partial charge in [-0.2, -0.15) is 0 Å². The molecule has 0 aliphatic heterocycles.